The Morgan fingerprint density at radius 2 is 1.52 bits per heavy atom. The lowest BCUT2D eigenvalue weighted by atomic mass is 10.1. The van der Waals surface area contributed by atoms with Gasteiger partial charge in [0.25, 0.3) is 0 Å². The van der Waals surface area contributed by atoms with Gasteiger partial charge in [-0.2, -0.15) is 0 Å². The molecule has 132 valence electrons. The van der Waals surface area contributed by atoms with Gasteiger partial charge in [-0.25, -0.2) is 0 Å². The number of Topliss-reactive ketones (excluding diaryl/α,β-unsaturated/α-hetero) is 1. The molecule has 4 nitrogen and oxygen atoms in total. The average molecular weight is 356 g/mol. The van der Waals surface area contributed by atoms with Crippen LogP contribution >= 0.6 is 11.8 Å². The molecule has 0 spiro atoms. The van der Waals surface area contributed by atoms with Crippen molar-refractivity contribution in [3.05, 3.63) is 54.1 Å². The zero-order valence-corrected chi connectivity index (χ0v) is 15.6. The van der Waals surface area contributed by atoms with Crippen LogP contribution in [0.25, 0.3) is 0 Å². The van der Waals surface area contributed by atoms with E-state index in [1.54, 1.807) is 18.9 Å². The molecule has 2 aromatic rings. The van der Waals surface area contributed by atoms with Crippen molar-refractivity contribution in [2.75, 3.05) is 46.9 Å². The minimum atomic E-state index is 0.200. The molecule has 0 bridgehead atoms. The number of carbonyl (C=O) groups excluding carboxylic acids is 1. The molecule has 2 aromatic carbocycles. The quantitative estimate of drug-likeness (QED) is 0.742. The molecule has 1 aliphatic rings. The van der Waals surface area contributed by atoms with E-state index < -0.39 is 0 Å². The van der Waals surface area contributed by atoms with Gasteiger partial charge in [0.2, 0.25) is 0 Å². The highest BCUT2D eigenvalue weighted by Gasteiger charge is 2.17. The lowest BCUT2D eigenvalue weighted by molar-refractivity contribution is 0.0876. The molecule has 1 fully saturated rings. The van der Waals surface area contributed by atoms with Gasteiger partial charge in [0.1, 0.15) is 5.75 Å². The Labute approximate surface area is 153 Å². The van der Waals surface area contributed by atoms with Crippen LogP contribution in [0, 0.1) is 0 Å². The summed E-state index contributed by atoms with van der Waals surface area (Å²) in [6.07, 6.45) is 0. The Hall–Kier alpha value is -1.82. The Kier molecular flexibility index (Phi) is 6.13. The predicted octanol–water partition coefficient (Wildman–Crippen LogP) is 3.28. The summed E-state index contributed by atoms with van der Waals surface area (Å²) in [7, 11) is 3.79. The van der Waals surface area contributed by atoms with Crippen LogP contribution in [-0.2, 0) is 0 Å². The number of nitrogens with zero attached hydrogens (tertiary/aromatic N) is 2. The van der Waals surface area contributed by atoms with Crippen LogP contribution in [0.15, 0.2) is 58.3 Å². The molecule has 0 radical (unpaired) electrons. The maximum absolute atomic E-state index is 12.5. The summed E-state index contributed by atoms with van der Waals surface area (Å²) in [6, 6.07) is 15.9. The first-order chi connectivity index (χ1) is 12.1. The second kappa shape index (κ2) is 8.52. The Morgan fingerprint density at radius 1 is 0.960 bits per heavy atom. The first-order valence-corrected chi connectivity index (χ1v) is 9.32. The third-order valence-electron chi connectivity index (χ3n) is 4.43. The number of hydrogen-bond acceptors (Lipinski definition) is 5. The van der Waals surface area contributed by atoms with Gasteiger partial charge >= 0.3 is 0 Å². The van der Waals surface area contributed by atoms with Crippen molar-refractivity contribution < 1.29 is 9.53 Å². The minimum absolute atomic E-state index is 0.200. The van der Waals surface area contributed by atoms with Crippen LogP contribution in [0.1, 0.15) is 10.4 Å². The molecule has 0 aliphatic carbocycles. The number of piperazine rings is 1. The summed E-state index contributed by atoms with van der Waals surface area (Å²) in [5.41, 5.74) is 0.790. The Balaban J connectivity index is 1.56. The number of hydrogen-bond donors (Lipinski definition) is 0. The molecule has 0 atom stereocenters. The molecule has 0 N–H and O–H groups in total. The van der Waals surface area contributed by atoms with E-state index in [0.717, 1.165) is 47.3 Å². The van der Waals surface area contributed by atoms with E-state index in [9.17, 15) is 4.79 Å². The molecular formula is C20H24N2O2S. The highest BCUT2D eigenvalue weighted by molar-refractivity contribution is 7.99. The van der Waals surface area contributed by atoms with Gasteiger partial charge in [0.15, 0.2) is 5.78 Å². The van der Waals surface area contributed by atoms with Crippen molar-refractivity contribution >= 4 is 17.5 Å². The van der Waals surface area contributed by atoms with E-state index >= 15 is 0 Å². The molecule has 3 rings (SSSR count). The van der Waals surface area contributed by atoms with E-state index in [1.165, 1.54) is 0 Å². The van der Waals surface area contributed by atoms with Crippen LogP contribution < -0.4 is 4.74 Å². The maximum Gasteiger partial charge on any atom is 0.176 e. The first kappa shape index (κ1) is 18.0. The first-order valence-electron chi connectivity index (χ1n) is 8.50. The molecule has 5 heteroatoms. The van der Waals surface area contributed by atoms with E-state index in [-0.39, 0.29) is 5.78 Å². The SMILES string of the molecule is COc1ccc(Sc2ccc(C(=O)CN3CCN(C)CC3)cc2)cc1. The zero-order valence-electron chi connectivity index (χ0n) is 14.8. The van der Waals surface area contributed by atoms with Crippen LogP contribution in [0.3, 0.4) is 0 Å². The third kappa shape index (κ3) is 5.08. The number of benzene rings is 2. The van der Waals surface area contributed by atoms with Crippen molar-refractivity contribution in [2.45, 2.75) is 9.79 Å². The van der Waals surface area contributed by atoms with E-state index in [4.69, 9.17) is 4.74 Å². The van der Waals surface area contributed by atoms with Crippen molar-refractivity contribution in [1.29, 1.82) is 0 Å². The topological polar surface area (TPSA) is 32.8 Å². The maximum atomic E-state index is 12.5. The van der Waals surface area contributed by atoms with Crippen LogP contribution in [0.2, 0.25) is 0 Å². The van der Waals surface area contributed by atoms with Gasteiger partial charge in [-0.15, -0.1) is 0 Å². The lowest BCUT2D eigenvalue weighted by Crippen LogP contribution is -2.46. The van der Waals surface area contributed by atoms with Gasteiger partial charge in [-0.3, -0.25) is 9.69 Å². The largest absolute Gasteiger partial charge is 0.497 e. The zero-order chi connectivity index (χ0) is 17.6. The predicted molar refractivity (Wildman–Crippen MR) is 102 cm³/mol. The number of carbonyl (C=O) groups is 1. The van der Waals surface area contributed by atoms with Crippen molar-refractivity contribution in [1.82, 2.24) is 9.80 Å². The second-order valence-corrected chi connectivity index (χ2v) is 7.45. The minimum Gasteiger partial charge on any atom is -0.497 e. The fourth-order valence-electron chi connectivity index (χ4n) is 2.79. The number of rotatable bonds is 6. The smallest absolute Gasteiger partial charge is 0.176 e. The van der Waals surface area contributed by atoms with Crippen LogP contribution in [0.5, 0.6) is 5.75 Å². The number of ketones is 1. The van der Waals surface area contributed by atoms with Crippen molar-refractivity contribution in [3.63, 3.8) is 0 Å². The molecule has 1 heterocycles. The Bertz CT molecular complexity index is 693. The summed E-state index contributed by atoms with van der Waals surface area (Å²) < 4.78 is 5.18. The standard InChI is InChI=1S/C20H24N2O2S/c1-21-11-13-22(14-12-21)15-20(23)16-3-7-18(8-4-16)25-19-9-5-17(24-2)6-10-19/h3-10H,11-15H2,1-2H3. The van der Waals surface area contributed by atoms with E-state index in [1.807, 2.05) is 48.5 Å². The number of methoxy groups -OCH3 is 1. The second-order valence-electron chi connectivity index (χ2n) is 6.30. The van der Waals surface area contributed by atoms with Gasteiger partial charge in [-0.05, 0) is 43.4 Å². The Morgan fingerprint density at radius 3 is 2.08 bits per heavy atom. The van der Waals surface area contributed by atoms with E-state index in [0.29, 0.717) is 6.54 Å². The highest BCUT2D eigenvalue weighted by atomic mass is 32.2. The van der Waals surface area contributed by atoms with Crippen LogP contribution in [0.4, 0.5) is 0 Å². The monoisotopic (exact) mass is 356 g/mol. The summed E-state index contributed by atoms with van der Waals surface area (Å²) >= 11 is 1.68. The normalized spacial score (nSPS) is 15.9. The van der Waals surface area contributed by atoms with Gasteiger partial charge in [0.05, 0.1) is 13.7 Å². The summed E-state index contributed by atoms with van der Waals surface area (Å²) in [5, 5.41) is 0. The average Bonchev–Trinajstić information content (AvgIpc) is 2.65. The van der Waals surface area contributed by atoms with Crippen molar-refractivity contribution in [3.8, 4) is 5.75 Å². The van der Waals surface area contributed by atoms with Gasteiger partial charge < -0.3 is 9.64 Å². The molecule has 0 unspecified atom stereocenters. The molecule has 25 heavy (non-hydrogen) atoms. The molecule has 0 amide bonds. The van der Waals surface area contributed by atoms with Crippen molar-refractivity contribution in [2.24, 2.45) is 0 Å². The number of ether oxygens (including phenoxy) is 1. The number of likely N-dealkylation sites (N-methyl/N-ethyl adjacent to an activating group) is 1. The van der Waals surface area contributed by atoms with E-state index in [2.05, 4.69) is 16.8 Å². The van der Waals surface area contributed by atoms with Crippen LogP contribution in [-0.4, -0.2) is 62.5 Å². The fraction of sp³-hybridized carbons (Fsp3) is 0.350. The summed E-state index contributed by atoms with van der Waals surface area (Å²) in [4.78, 5) is 19.3. The van der Waals surface area contributed by atoms with Gasteiger partial charge in [-0.1, -0.05) is 23.9 Å². The molecular weight excluding hydrogens is 332 g/mol. The highest BCUT2D eigenvalue weighted by Crippen LogP contribution is 2.29. The molecule has 0 saturated carbocycles. The fourth-order valence-corrected chi connectivity index (χ4v) is 3.61. The lowest BCUT2D eigenvalue weighted by Gasteiger charge is -2.31. The molecule has 1 aliphatic heterocycles. The molecule has 1 saturated heterocycles. The summed E-state index contributed by atoms with van der Waals surface area (Å²) in [6.45, 7) is 4.51. The van der Waals surface area contributed by atoms with Gasteiger partial charge in [0, 0.05) is 41.5 Å². The third-order valence-corrected chi connectivity index (χ3v) is 5.45. The summed E-state index contributed by atoms with van der Waals surface area (Å²) in [5.74, 6) is 1.06. The molecule has 0 aromatic heterocycles.